The molecule has 0 aliphatic carbocycles. The topological polar surface area (TPSA) is 31.2 Å². The van der Waals surface area contributed by atoms with Gasteiger partial charge in [0, 0.05) is 32.3 Å². The predicted octanol–water partition coefficient (Wildman–Crippen LogP) is 7.57. The van der Waals surface area contributed by atoms with Gasteiger partial charge in [-0.15, -0.1) is 0 Å². The Morgan fingerprint density at radius 3 is 2.29 bits per heavy atom. The average Bonchev–Trinajstić information content (AvgIpc) is 3.02. The van der Waals surface area contributed by atoms with E-state index in [9.17, 15) is 13.6 Å². The lowest BCUT2D eigenvalue weighted by atomic mass is 10.0. The number of carbonyl (C=O) groups excluding carboxylic acids is 1. The van der Waals surface area contributed by atoms with Crippen molar-refractivity contribution in [3.63, 3.8) is 0 Å². The predicted molar refractivity (Wildman–Crippen MR) is 121 cm³/mol. The first kappa shape index (κ1) is 23.6. The Bertz CT molecular complexity index is 1070. The number of hydrogen-bond acceptors (Lipinski definition) is 3. The van der Waals surface area contributed by atoms with Gasteiger partial charge in [-0.25, -0.2) is 13.6 Å². The maximum Gasteiger partial charge on any atom is 0.340 e. The molecule has 0 fully saturated rings. The lowest BCUT2D eigenvalue weighted by Crippen LogP contribution is -2.07. The van der Waals surface area contributed by atoms with Crippen molar-refractivity contribution in [1.82, 2.24) is 4.57 Å². The summed E-state index contributed by atoms with van der Waals surface area (Å²) >= 11 is 13.6. The van der Waals surface area contributed by atoms with Crippen molar-refractivity contribution >= 4 is 40.9 Å². The van der Waals surface area contributed by atoms with Gasteiger partial charge in [-0.05, 0) is 43.2 Å². The van der Waals surface area contributed by atoms with Crippen LogP contribution in [0.5, 0.6) is 0 Å². The minimum atomic E-state index is -0.653. The van der Waals surface area contributed by atoms with Crippen molar-refractivity contribution in [2.75, 3.05) is 6.61 Å². The van der Waals surface area contributed by atoms with Crippen LogP contribution in [0.2, 0.25) is 10.0 Å². The number of esters is 1. The molecule has 0 N–H and O–H groups in total. The van der Waals surface area contributed by atoms with Crippen LogP contribution in [0.25, 0.3) is 0 Å². The van der Waals surface area contributed by atoms with E-state index in [2.05, 4.69) is 0 Å². The molecule has 0 radical (unpaired) electrons. The van der Waals surface area contributed by atoms with E-state index in [1.54, 1.807) is 35.9 Å². The van der Waals surface area contributed by atoms with Crippen LogP contribution in [0, 0.1) is 11.6 Å². The standard InChI is InChI=1S/C23H21Cl2F2NO2S/c1-4-30-23(29)18-12-28(11-17-19(26)6-5-7-20(17)27)22(21(18)13(2)3)31-16-9-14(24)8-15(25)10-16/h5-10,12-13H,4,11H2,1-3H3. The SMILES string of the molecule is CCOC(=O)c1cn(Cc2c(F)cccc2F)c(Sc2cc(Cl)cc(Cl)c2)c1C(C)C. The molecule has 0 unspecified atom stereocenters. The number of rotatable bonds is 7. The zero-order chi connectivity index (χ0) is 22.7. The molecule has 1 aromatic heterocycles. The zero-order valence-electron chi connectivity index (χ0n) is 17.2. The average molecular weight is 484 g/mol. The largest absolute Gasteiger partial charge is 0.462 e. The highest BCUT2D eigenvalue weighted by Gasteiger charge is 2.26. The molecule has 3 nitrogen and oxygen atoms in total. The third kappa shape index (κ3) is 5.43. The van der Waals surface area contributed by atoms with Crippen LogP contribution in [-0.4, -0.2) is 17.1 Å². The monoisotopic (exact) mass is 483 g/mol. The maximum atomic E-state index is 14.4. The summed E-state index contributed by atoms with van der Waals surface area (Å²) in [5.74, 6) is -1.84. The van der Waals surface area contributed by atoms with Gasteiger partial charge >= 0.3 is 5.97 Å². The second kappa shape index (κ2) is 10.1. The fourth-order valence-electron chi connectivity index (χ4n) is 3.27. The molecule has 164 valence electrons. The zero-order valence-corrected chi connectivity index (χ0v) is 19.5. The van der Waals surface area contributed by atoms with Crippen molar-refractivity contribution in [2.24, 2.45) is 0 Å². The normalized spacial score (nSPS) is 11.2. The van der Waals surface area contributed by atoms with Crippen LogP contribution < -0.4 is 0 Å². The lowest BCUT2D eigenvalue weighted by Gasteiger charge is -2.15. The van der Waals surface area contributed by atoms with E-state index < -0.39 is 17.6 Å². The van der Waals surface area contributed by atoms with Gasteiger partial charge in [0.2, 0.25) is 0 Å². The number of ether oxygens (including phenoxy) is 1. The van der Waals surface area contributed by atoms with Gasteiger partial charge in [-0.2, -0.15) is 0 Å². The first-order chi connectivity index (χ1) is 14.7. The number of carbonyl (C=O) groups is 1. The van der Waals surface area contributed by atoms with E-state index >= 15 is 0 Å². The Balaban J connectivity index is 2.17. The van der Waals surface area contributed by atoms with Crippen LogP contribution in [0.3, 0.4) is 0 Å². The quantitative estimate of drug-likeness (QED) is 0.324. The Labute approximate surface area is 194 Å². The summed E-state index contributed by atoms with van der Waals surface area (Å²) in [6, 6.07) is 8.84. The highest BCUT2D eigenvalue weighted by atomic mass is 35.5. The van der Waals surface area contributed by atoms with E-state index in [-0.39, 0.29) is 24.6 Å². The Morgan fingerprint density at radius 2 is 1.74 bits per heavy atom. The number of benzene rings is 2. The molecule has 0 saturated carbocycles. The van der Waals surface area contributed by atoms with Crippen molar-refractivity contribution in [2.45, 2.75) is 43.2 Å². The molecule has 0 saturated heterocycles. The summed E-state index contributed by atoms with van der Waals surface area (Å²) in [4.78, 5) is 13.4. The van der Waals surface area contributed by atoms with Crippen LogP contribution in [0.4, 0.5) is 8.78 Å². The number of hydrogen-bond donors (Lipinski definition) is 0. The summed E-state index contributed by atoms with van der Waals surface area (Å²) in [6.45, 7) is 5.74. The third-order valence-corrected chi connectivity index (χ3v) is 6.14. The molecular weight excluding hydrogens is 463 g/mol. The van der Waals surface area contributed by atoms with Crippen LogP contribution in [0.1, 0.15) is 48.2 Å². The molecule has 3 rings (SSSR count). The van der Waals surface area contributed by atoms with Gasteiger partial charge in [-0.3, -0.25) is 0 Å². The van der Waals surface area contributed by atoms with Crippen LogP contribution in [-0.2, 0) is 11.3 Å². The number of halogens is 4. The highest BCUT2D eigenvalue weighted by Crippen LogP contribution is 2.40. The molecule has 0 aliphatic rings. The van der Waals surface area contributed by atoms with Crippen LogP contribution >= 0.6 is 35.0 Å². The lowest BCUT2D eigenvalue weighted by molar-refractivity contribution is 0.0524. The second-order valence-corrected chi connectivity index (χ2v) is 9.11. The van der Waals surface area contributed by atoms with E-state index in [1.165, 1.54) is 30.0 Å². The van der Waals surface area contributed by atoms with Crippen LogP contribution in [0.15, 0.2) is 52.5 Å². The van der Waals surface area contributed by atoms with Crippen molar-refractivity contribution < 1.29 is 18.3 Å². The highest BCUT2D eigenvalue weighted by molar-refractivity contribution is 7.99. The second-order valence-electron chi connectivity index (χ2n) is 7.17. The molecule has 0 amide bonds. The molecule has 3 aromatic rings. The van der Waals surface area contributed by atoms with Gasteiger partial charge in [0.05, 0.1) is 23.7 Å². The third-order valence-electron chi connectivity index (χ3n) is 4.58. The molecule has 2 aromatic carbocycles. The molecule has 0 aliphatic heterocycles. The summed E-state index contributed by atoms with van der Waals surface area (Å²) in [7, 11) is 0. The molecule has 1 heterocycles. The Morgan fingerprint density at radius 1 is 1.13 bits per heavy atom. The first-order valence-corrected chi connectivity index (χ1v) is 11.3. The van der Waals surface area contributed by atoms with Gasteiger partial charge < -0.3 is 9.30 Å². The molecule has 0 atom stereocenters. The van der Waals surface area contributed by atoms with Crippen molar-refractivity contribution in [3.8, 4) is 0 Å². The molecule has 0 spiro atoms. The molecule has 31 heavy (non-hydrogen) atoms. The summed E-state index contributed by atoms with van der Waals surface area (Å²) in [6.07, 6.45) is 1.59. The van der Waals surface area contributed by atoms with Gasteiger partial charge in [0.15, 0.2) is 0 Å². The van der Waals surface area contributed by atoms with Gasteiger partial charge in [0.25, 0.3) is 0 Å². The summed E-state index contributed by atoms with van der Waals surface area (Å²) < 4.78 is 35.6. The minimum absolute atomic E-state index is 0.0525. The summed E-state index contributed by atoms with van der Waals surface area (Å²) in [5, 5.41) is 1.59. The fraction of sp³-hybridized carbons (Fsp3) is 0.261. The van der Waals surface area contributed by atoms with E-state index in [0.29, 0.717) is 20.6 Å². The van der Waals surface area contributed by atoms with Crippen molar-refractivity contribution in [3.05, 3.63) is 81.0 Å². The minimum Gasteiger partial charge on any atom is -0.462 e. The Hall–Kier alpha value is -2.02. The van der Waals surface area contributed by atoms with Gasteiger partial charge in [0.1, 0.15) is 11.6 Å². The molecular formula is C23H21Cl2F2NO2S. The molecule has 0 bridgehead atoms. The Kier molecular flexibility index (Phi) is 7.68. The molecule has 8 heteroatoms. The summed E-state index contributed by atoms with van der Waals surface area (Å²) in [5.41, 5.74) is 1.01. The van der Waals surface area contributed by atoms with Gasteiger partial charge in [-0.1, -0.05) is 54.9 Å². The smallest absolute Gasteiger partial charge is 0.340 e. The maximum absolute atomic E-state index is 14.4. The number of aromatic nitrogens is 1. The van der Waals surface area contributed by atoms with E-state index in [0.717, 1.165) is 10.5 Å². The van der Waals surface area contributed by atoms with Crippen molar-refractivity contribution in [1.29, 1.82) is 0 Å². The fourth-order valence-corrected chi connectivity index (χ4v) is 5.21. The first-order valence-electron chi connectivity index (χ1n) is 9.68. The van der Waals surface area contributed by atoms with E-state index in [1.807, 2.05) is 13.8 Å². The number of nitrogens with zero attached hydrogens (tertiary/aromatic N) is 1. The van der Waals surface area contributed by atoms with E-state index in [4.69, 9.17) is 27.9 Å².